The number of likely N-dealkylation sites (N-methyl/N-ethyl adjacent to an activating group) is 1. The molecule has 1 N–H and O–H groups in total. The average molecular weight is 269 g/mol. The average Bonchev–Trinajstić information content (AvgIpc) is 2.69. The number of rotatable bonds is 3. The number of hydrogen-bond acceptors (Lipinski definition) is 4. The summed E-state index contributed by atoms with van der Waals surface area (Å²) in [7, 11) is 5.99. The maximum atomic E-state index is 12.5. The molecule has 0 aliphatic carbocycles. The molecule has 2 heterocycles. The zero-order chi connectivity index (χ0) is 14.0. The normalized spacial score (nSPS) is 33.1. The van der Waals surface area contributed by atoms with Crippen molar-refractivity contribution in [2.45, 2.75) is 24.9 Å². The van der Waals surface area contributed by atoms with E-state index in [-0.39, 0.29) is 11.8 Å². The van der Waals surface area contributed by atoms with Gasteiger partial charge in [0.2, 0.25) is 5.91 Å². The molecule has 0 aromatic carbocycles. The Morgan fingerprint density at radius 3 is 2.79 bits per heavy atom. The summed E-state index contributed by atoms with van der Waals surface area (Å²) in [5, 5.41) is 10.5. The molecule has 0 radical (unpaired) electrons. The molecule has 0 spiro atoms. The van der Waals surface area contributed by atoms with E-state index in [1.54, 1.807) is 0 Å². The van der Waals surface area contributed by atoms with Crippen molar-refractivity contribution in [1.29, 1.82) is 0 Å². The lowest BCUT2D eigenvalue weighted by Gasteiger charge is -2.32. The van der Waals surface area contributed by atoms with Crippen molar-refractivity contribution in [1.82, 2.24) is 14.7 Å². The maximum Gasteiger partial charge on any atom is 0.227 e. The number of likely N-dealkylation sites (tertiary alicyclic amines) is 2. The van der Waals surface area contributed by atoms with E-state index in [0.29, 0.717) is 26.1 Å². The molecule has 1 amide bonds. The first-order valence-electron chi connectivity index (χ1n) is 7.24. The molecule has 0 unspecified atom stereocenters. The Hall–Kier alpha value is -0.650. The van der Waals surface area contributed by atoms with Crippen LogP contribution in [0.1, 0.15) is 19.3 Å². The number of nitrogens with zero attached hydrogens (tertiary/aromatic N) is 3. The second kappa shape index (κ2) is 5.77. The van der Waals surface area contributed by atoms with Crippen molar-refractivity contribution >= 4 is 5.91 Å². The molecule has 110 valence electrons. The quantitative estimate of drug-likeness (QED) is 0.774. The standard InChI is InChI=1S/C14H27N3O2/c1-15(2)10-14(19)6-8-17(11-14)13(18)12-5-4-7-16(3)9-12/h12,19H,4-11H2,1-3H3/t12-,14-/m0/s1. The van der Waals surface area contributed by atoms with Crippen LogP contribution >= 0.6 is 0 Å². The number of amides is 1. The Bertz CT molecular complexity index is 335. The number of carbonyl (C=O) groups is 1. The van der Waals surface area contributed by atoms with Crippen molar-refractivity contribution in [2.24, 2.45) is 5.92 Å². The van der Waals surface area contributed by atoms with Gasteiger partial charge in [0.25, 0.3) is 0 Å². The zero-order valence-electron chi connectivity index (χ0n) is 12.4. The minimum atomic E-state index is -0.722. The molecule has 0 bridgehead atoms. The van der Waals surface area contributed by atoms with Gasteiger partial charge < -0.3 is 19.8 Å². The second-order valence-corrected chi connectivity index (χ2v) is 6.57. The van der Waals surface area contributed by atoms with Gasteiger partial charge >= 0.3 is 0 Å². The lowest BCUT2D eigenvalue weighted by Crippen LogP contribution is -2.46. The third-order valence-electron chi connectivity index (χ3n) is 4.23. The van der Waals surface area contributed by atoms with Crippen molar-refractivity contribution in [3.8, 4) is 0 Å². The molecule has 2 aliphatic heterocycles. The van der Waals surface area contributed by atoms with Crippen LogP contribution in [-0.4, -0.2) is 85.2 Å². The van der Waals surface area contributed by atoms with Crippen LogP contribution in [0.2, 0.25) is 0 Å². The molecule has 0 saturated carbocycles. The van der Waals surface area contributed by atoms with Gasteiger partial charge in [-0.3, -0.25) is 4.79 Å². The van der Waals surface area contributed by atoms with Gasteiger partial charge in [-0.15, -0.1) is 0 Å². The molecular formula is C14H27N3O2. The largest absolute Gasteiger partial charge is 0.387 e. The minimum absolute atomic E-state index is 0.125. The Morgan fingerprint density at radius 2 is 2.16 bits per heavy atom. The van der Waals surface area contributed by atoms with Crippen LogP contribution in [0.5, 0.6) is 0 Å². The van der Waals surface area contributed by atoms with E-state index in [1.165, 1.54) is 0 Å². The zero-order valence-corrected chi connectivity index (χ0v) is 12.4. The van der Waals surface area contributed by atoms with Gasteiger partial charge in [-0.2, -0.15) is 0 Å². The SMILES string of the molecule is CN(C)C[C@@]1(O)CCN(C(=O)[C@H]2CCCN(C)C2)C1. The van der Waals surface area contributed by atoms with Crippen LogP contribution in [0.15, 0.2) is 0 Å². The number of piperidine rings is 1. The fraction of sp³-hybridized carbons (Fsp3) is 0.929. The molecule has 2 saturated heterocycles. The summed E-state index contributed by atoms with van der Waals surface area (Å²) < 4.78 is 0. The van der Waals surface area contributed by atoms with E-state index in [9.17, 15) is 9.90 Å². The summed E-state index contributed by atoms with van der Waals surface area (Å²) in [4.78, 5) is 18.6. The lowest BCUT2D eigenvalue weighted by molar-refractivity contribution is -0.137. The molecular weight excluding hydrogens is 242 g/mol. The predicted molar refractivity (Wildman–Crippen MR) is 74.9 cm³/mol. The highest BCUT2D eigenvalue weighted by molar-refractivity contribution is 5.79. The highest BCUT2D eigenvalue weighted by Gasteiger charge is 2.40. The van der Waals surface area contributed by atoms with Gasteiger partial charge in [-0.05, 0) is 47.0 Å². The summed E-state index contributed by atoms with van der Waals surface area (Å²) in [5.41, 5.74) is -0.722. The summed E-state index contributed by atoms with van der Waals surface area (Å²) in [6, 6.07) is 0. The van der Waals surface area contributed by atoms with Crippen LogP contribution in [0, 0.1) is 5.92 Å². The number of carbonyl (C=O) groups excluding carboxylic acids is 1. The molecule has 5 heteroatoms. The first-order chi connectivity index (χ1) is 8.89. The van der Waals surface area contributed by atoms with E-state index in [4.69, 9.17) is 0 Å². The Labute approximate surface area is 116 Å². The van der Waals surface area contributed by atoms with Crippen LogP contribution in [0.4, 0.5) is 0 Å². The Kier molecular flexibility index (Phi) is 4.48. The van der Waals surface area contributed by atoms with Gasteiger partial charge in [0.05, 0.1) is 18.1 Å². The minimum Gasteiger partial charge on any atom is -0.387 e. The lowest BCUT2D eigenvalue weighted by atomic mass is 9.97. The van der Waals surface area contributed by atoms with E-state index in [2.05, 4.69) is 11.9 Å². The summed E-state index contributed by atoms with van der Waals surface area (Å²) in [6.45, 7) is 3.77. The highest BCUT2D eigenvalue weighted by Crippen LogP contribution is 2.25. The molecule has 2 atom stereocenters. The van der Waals surface area contributed by atoms with Crippen molar-refractivity contribution in [3.05, 3.63) is 0 Å². The van der Waals surface area contributed by atoms with Gasteiger partial charge in [-0.25, -0.2) is 0 Å². The van der Waals surface area contributed by atoms with Gasteiger partial charge in [-0.1, -0.05) is 0 Å². The molecule has 2 aliphatic rings. The smallest absolute Gasteiger partial charge is 0.227 e. The number of β-amino-alcohol motifs (C(OH)–C–C–N with tert-alkyl or cyclic N) is 1. The molecule has 0 aromatic rings. The summed E-state index contributed by atoms with van der Waals surface area (Å²) >= 11 is 0. The number of aliphatic hydroxyl groups is 1. The van der Waals surface area contributed by atoms with Gasteiger partial charge in [0.15, 0.2) is 0 Å². The topological polar surface area (TPSA) is 47.0 Å². The van der Waals surface area contributed by atoms with Crippen molar-refractivity contribution in [2.75, 3.05) is 53.9 Å². The monoisotopic (exact) mass is 269 g/mol. The van der Waals surface area contributed by atoms with Gasteiger partial charge in [0.1, 0.15) is 0 Å². The predicted octanol–water partition coefficient (Wildman–Crippen LogP) is -0.147. The first kappa shape index (κ1) is 14.8. The molecule has 2 rings (SSSR count). The van der Waals surface area contributed by atoms with E-state index >= 15 is 0 Å². The third kappa shape index (κ3) is 3.68. The molecule has 19 heavy (non-hydrogen) atoms. The Morgan fingerprint density at radius 1 is 1.42 bits per heavy atom. The summed E-state index contributed by atoms with van der Waals surface area (Å²) in [6.07, 6.45) is 2.79. The summed E-state index contributed by atoms with van der Waals surface area (Å²) in [5.74, 6) is 0.363. The van der Waals surface area contributed by atoms with E-state index in [1.807, 2.05) is 23.9 Å². The fourth-order valence-corrected chi connectivity index (χ4v) is 3.39. The van der Waals surface area contributed by atoms with E-state index < -0.39 is 5.60 Å². The third-order valence-corrected chi connectivity index (χ3v) is 4.23. The van der Waals surface area contributed by atoms with Crippen LogP contribution in [0.25, 0.3) is 0 Å². The maximum absolute atomic E-state index is 12.5. The van der Waals surface area contributed by atoms with Crippen molar-refractivity contribution in [3.63, 3.8) is 0 Å². The number of hydrogen-bond donors (Lipinski definition) is 1. The van der Waals surface area contributed by atoms with Gasteiger partial charge in [0, 0.05) is 19.6 Å². The highest BCUT2D eigenvalue weighted by atomic mass is 16.3. The van der Waals surface area contributed by atoms with Crippen LogP contribution in [-0.2, 0) is 4.79 Å². The second-order valence-electron chi connectivity index (χ2n) is 6.57. The molecule has 2 fully saturated rings. The van der Waals surface area contributed by atoms with E-state index in [0.717, 1.165) is 25.9 Å². The van der Waals surface area contributed by atoms with Crippen molar-refractivity contribution < 1.29 is 9.90 Å². The van der Waals surface area contributed by atoms with Crippen LogP contribution < -0.4 is 0 Å². The Balaban J connectivity index is 1.91. The fourth-order valence-electron chi connectivity index (χ4n) is 3.39. The first-order valence-corrected chi connectivity index (χ1v) is 7.24. The van der Waals surface area contributed by atoms with Crippen LogP contribution in [0.3, 0.4) is 0 Å². The molecule has 5 nitrogen and oxygen atoms in total. The molecule has 0 aromatic heterocycles.